The highest BCUT2D eigenvalue weighted by molar-refractivity contribution is 8.00. The largest absolute Gasteiger partial charge is 0.453 e. The molecular formula is C24H40N4O4S. The van der Waals surface area contributed by atoms with Crippen LogP contribution >= 0.6 is 11.8 Å². The number of piperidine rings is 1. The van der Waals surface area contributed by atoms with Crippen molar-refractivity contribution in [3.63, 3.8) is 0 Å². The van der Waals surface area contributed by atoms with Gasteiger partial charge in [0.15, 0.2) is 0 Å². The lowest BCUT2D eigenvalue weighted by Crippen LogP contribution is -2.53. The molecule has 0 radical (unpaired) electrons. The Labute approximate surface area is 202 Å². The fourth-order valence-electron chi connectivity index (χ4n) is 4.12. The summed E-state index contributed by atoms with van der Waals surface area (Å²) in [4.78, 5) is 37.6. The van der Waals surface area contributed by atoms with Gasteiger partial charge in [-0.05, 0) is 63.8 Å². The normalized spacial score (nSPS) is 25.6. The Morgan fingerprint density at radius 3 is 2.55 bits per heavy atom. The van der Waals surface area contributed by atoms with E-state index < -0.39 is 6.09 Å². The quantitative estimate of drug-likeness (QED) is 0.282. The minimum Gasteiger partial charge on any atom is -0.453 e. The topological polar surface area (TPSA) is 109 Å². The van der Waals surface area contributed by atoms with Gasteiger partial charge < -0.3 is 20.7 Å². The molecular weight excluding hydrogens is 440 g/mol. The standard InChI is InChI=1S/C24H40N4O4S/c1-6-7-8-9-19(16(4)15(2)3)26-22(30)18-11-13-33-23(18)28-21(29)17-10-12-25-20(14-17)27-24(31)32-5/h17-18,20,23,25H,2,6-14H2,1,3-5H3,(H,26,30)(H,27,31)(H,28,29). The van der Waals surface area contributed by atoms with E-state index in [0.717, 1.165) is 54.7 Å². The molecule has 0 aromatic carbocycles. The van der Waals surface area contributed by atoms with Gasteiger partial charge in [-0.2, -0.15) is 0 Å². The zero-order valence-electron chi connectivity index (χ0n) is 20.4. The predicted octanol–water partition coefficient (Wildman–Crippen LogP) is 3.41. The van der Waals surface area contributed by atoms with Crippen LogP contribution < -0.4 is 21.3 Å². The Morgan fingerprint density at radius 1 is 1.12 bits per heavy atom. The maximum absolute atomic E-state index is 13.2. The van der Waals surface area contributed by atoms with Gasteiger partial charge >= 0.3 is 6.09 Å². The Kier molecular flexibility index (Phi) is 11.3. The SMILES string of the molecule is C=C(C)C(C)=C(CCCCC)NC(=O)C1CCSC1NC(=O)C1CCNC(NC(=O)OC)C1. The summed E-state index contributed by atoms with van der Waals surface area (Å²) in [5.41, 5.74) is 2.93. The van der Waals surface area contributed by atoms with E-state index in [2.05, 4.69) is 39.5 Å². The second kappa shape index (κ2) is 13.6. The van der Waals surface area contributed by atoms with E-state index in [4.69, 9.17) is 0 Å². The highest BCUT2D eigenvalue weighted by Gasteiger charge is 2.37. The van der Waals surface area contributed by atoms with E-state index >= 15 is 0 Å². The Morgan fingerprint density at radius 2 is 1.88 bits per heavy atom. The van der Waals surface area contributed by atoms with Crippen LogP contribution in [0.2, 0.25) is 0 Å². The summed E-state index contributed by atoms with van der Waals surface area (Å²) in [7, 11) is 1.31. The molecule has 2 heterocycles. The lowest BCUT2D eigenvalue weighted by Gasteiger charge is -2.31. The van der Waals surface area contributed by atoms with Crippen molar-refractivity contribution in [3.05, 3.63) is 23.4 Å². The minimum atomic E-state index is -0.524. The van der Waals surface area contributed by atoms with Crippen molar-refractivity contribution in [1.29, 1.82) is 0 Å². The number of methoxy groups -OCH3 is 1. The molecule has 0 aromatic rings. The Bertz CT molecular complexity index is 755. The summed E-state index contributed by atoms with van der Waals surface area (Å²) in [6, 6.07) is 0. The molecule has 0 aromatic heterocycles. The van der Waals surface area contributed by atoms with Crippen molar-refractivity contribution in [2.24, 2.45) is 11.8 Å². The number of hydrogen-bond donors (Lipinski definition) is 4. The third kappa shape index (κ3) is 8.37. The molecule has 2 fully saturated rings. The molecule has 3 amide bonds. The molecule has 4 unspecified atom stereocenters. The summed E-state index contributed by atoms with van der Waals surface area (Å²) in [5, 5.41) is 11.9. The van der Waals surface area contributed by atoms with Crippen molar-refractivity contribution in [3.8, 4) is 0 Å². The van der Waals surface area contributed by atoms with Crippen molar-refractivity contribution in [2.45, 2.75) is 77.3 Å². The van der Waals surface area contributed by atoms with Gasteiger partial charge in [0.2, 0.25) is 11.8 Å². The molecule has 8 nitrogen and oxygen atoms in total. The first-order valence-corrected chi connectivity index (χ1v) is 13.0. The van der Waals surface area contributed by atoms with Crippen LogP contribution in [0, 0.1) is 11.8 Å². The van der Waals surface area contributed by atoms with Gasteiger partial charge in [0.1, 0.15) is 0 Å². The number of nitrogens with one attached hydrogen (secondary N) is 4. The maximum atomic E-state index is 13.2. The molecule has 4 N–H and O–H groups in total. The highest BCUT2D eigenvalue weighted by atomic mass is 32.2. The first-order chi connectivity index (χ1) is 15.8. The van der Waals surface area contributed by atoms with Crippen molar-refractivity contribution >= 4 is 29.7 Å². The molecule has 0 aliphatic carbocycles. The molecule has 9 heteroatoms. The molecule has 2 rings (SSSR count). The summed E-state index contributed by atoms with van der Waals surface area (Å²) < 4.78 is 4.64. The van der Waals surface area contributed by atoms with Gasteiger partial charge in [0, 0.05) is 11.6 Å². The monoisotopic (exact) mass is 480 g/mol. The van der Waals surface area contributed by atoms with E-state index in [9.17, 15) is 14.4 Å². The zero-order valence-corrected chi connectivity index (χ0v) is 21.2. The van der Waals surface area contributed by atoms with Crippen LogP contribution in [0.1, 0.15) is 65.7 Å². The lowest BCUT2D eigenvalue weighted by molar-refractivity contribution is -0.128. The Hall–Kier alpha value is -2.00. The van der Waals surface area contributed by atoms with Gasteiger partial charge in [-0.3, -0.25) is 14.9 Å². The van der Waals surface area contributed by atoms with Crippen LogP contribution in [0.15, 0.2) is 23.4 Å². The van der Waals surface area contributed by atoms with Crippen LogP contribution in [0.3, 0.4) is 0 Å². The van der Waals surface area contributed by atoms with Crippen LogP contribution in [0.4, 0.5) is 4.79 Å². The summed E-state index contributed by atoms with van der Waals surface area (Å²) >= 11 is 1.62. The molecule has 2 aliphatic heterocycles. The van der Waals surface area contributed by atoms with Crippen molar-refractivity contribution in [2.75, 3.05) is 19.4 Å². The number of rotatable bonds is 10. The second-order valence-electron chi connectivity index (χ2n) is 8.89. The number of ether oxygens (including phenoxy) is 1. The molecule has 33 heavy (non-hydrogen) atoms. The number of thioether (sulfide) groups is 1. The number of hydrogen-bond acceptors (Lipinski definition) is 6. The van der Waals surface area contributed by atoms with Gasteiger partial charge in [-0.15, -0.1) is 11.8 Å². The van der Waals surface area contributed by atoms with Crippen LogP contribution in [-0.4, -0.2) is 48.9 Å². The fourth-order valence-corrected chi connectivity index (χ4v) is 5.46. The predicted molar refractivity (Wildman–Crippen MR) is 132 cm³/mol. The van der Waals surface area contributed by atoms with Gasteiger partial charge in [-0.25, -0.2) is 4.79 Å². The molecule has 2 saturated heterocycles. The van der Waals surface area contributed by atoms with Crippen molar-refractivity contribution in [1.82, 2.24) is 21.3 Å². The van der Waals surface area contributed by atoms with Gasteiger partial charge in [0.05, 0.1) is 24.6 Å². The zero-order chi connectivity index (χ0) is 24.4. The molecule has 186 valence electrons. The second-order valence-corrected chi connectivity index (χ2v) is 10.1. The molecule has 0 saturated carbocycles. The average Bonchev–Trinajstić information content (AvgIpc) is 3.26. The molecule has 0 bridgehead atoms. The van der Waals surface area contributed by atoms with Crippen LogP contribution in [-0.2, 0) is 14.3 Å². The maximum Gasteiger partial charge on any atom is 0.408 e. The smallest absolute Gasteiger partial charge is 0.408 e. The first-order valence-electron chi connectivity index (χ1n) is 11.9. The van der Waals surface area contributed by atoms with Crippen LogP contribution in [0.5, 0.6) is 0 Å². The van der Waals surface area contributed by atoms with Gasteiger partial charge in [0.25, 0.3) is 0 Å². The third-order valence-electron chi connectivity index (χ3n) is 6.36. The highest BCUT2D eigenvalue weighted by Crippen LogP contribution is 2.32. The fraction of sp³-hybridized carbons (Fsp3) is 0.708. The van der Waals surface area contributed by atoms with E-state index in [0.29, 0.717) is 19.4 Å². The lowest BCUT2D eigenvalue weighted by atomic mass is 9.94. The molecule has 0 spiro atoms. The number of carbonyl (C=O) groups excluding carboxylic acids is 3. The summed E-state index contributed by atoms with van der Waals surface area (Å²) in [6.45, 7) is 10.8. The van der Waals surface area contributed by atoms with Gasteiger partial charge in [-0.1, -0.05) is 31.9 Å². The summed E-state index contributed by atoms with van der Waals surface area (Å²) in [6.07, 6.45) is 5.14. The molecule has 4 atom stereocenters. The summed E-state index contributed by atoms with van der Waals surface area (Å²) in [5.74, 6) is 0.225. The van der Waals surface area contributed by atoms with Crippen molar-refractivity contribution < 1.29 is 19.1 Å². The molecule has 2 aliphatic rings. The number of allylic oxidation sites excluding steroid dienone is 3. The third-order valence-corrected chi connectivity index (χ3v) is 7.64. The van der Waals surface area contributed by atoms with E-state index in [-0.39, 0.29) is 35.2 Å². The van der Waals surface area contributed by atoms with E-state index in [1.807, 2.05) is 13.8 Å². The average molecular weight is 481 g/mol. The van der Waals surface area contributed by atoms with E-state index in [1.165, 1.54) is 7.11 Å². The Balaban J connectivity index is 1.97. The number of unbranched alkanes of at least 4 members (excludes halogenated alkanes) is 2. The minimum absolute atomic E-state index is 0.0343. The first kappa shape index (κ1) is 27.2. The number of amides is 3. The number of alkyl carbamates (subject to hydrolysis) is 1. The number of carbonyl (C=O) groups is 3. The van der Waals surface area contributed by atoms with Crippen LogP contribution in [0.25, 0.3) is 0 Å². The van der Waals surface area contributed by atoms with E-state index in [1.54, 1.807) is 11.8 Å².